The largest absolute Gasteiger partial charge is 0.384 e. The van der Waals surface area contributed by atoms with E-state index in [1.54, 1.807) is 23.7 Å². The van der Waals surface area contributed by atoms with Gasteiger partial charge in [-0.25, -0.2) is 0 Å². The lowest BCUT2D eigenvalue weighted by Crippen LogP contribution is -2.02. The Bertz CT molecular complexity index is 504. The Hall–Kier alpha value is -1.19. The average Bonchev–Trinajstić information content (AvgIpc) is 2.58. The van der Waals surface area contributed by atoms with Crippen LogP contribution in [0.25, 0.3) is 0 Å². The number of aliphatic hydroxyl groups excluding tert-OH is 1. The van der Waals surface area contributed by atoms with E-state index in [-0.39, 0.29) is 0 Å². The maximum Gasteiger partial charge on any atom is 0.107 e. The molecule has 2 nitrogen and oxygen atoms in total. The standard InChI is InChI=1S/C13H15NOS/c1-8-4-5-14-7-12(8)13(15)11-6-9(2)16-10(11)3/h4-7,13,15H,1-3H3. The highest BCUT2D eigenvalue weighted by atomic mass is 32.1. The van der Waals surface area contributed by atoms with Gasteiger partial charge in [-0.15, -0.1) is 11.3 Å². The number of hydrogen-bond acceptors (Lipinski definition) is 3. The molecule has 84 valence electrons. The van der Waals surface area contributed by atoms with Crippen LogP contribution in [0.4, 0.5) is 0 Å². The molecule has 1 atom stereocenters. The van der Waals surface area contributed by atoms with E-state index in [4.69, 9.17) is 0 Å². The highest BCUT2D eigenvalue weighted by Crippen LogP contribution is 2.31. The van der Waals surface area contributed by atoms with E-state index in [1.165, 1.54) is 9.75 Å². The molecule has 3 heteroatoms. The fraction of sp³-hybridized carbons (Fsp3) is 0.308. The van der Waals surface area contributed by atoms with Gasteiger partial charge in [0.1, 0.15) is 6.10 Å². The Morgan fingerprint density at radius 2 is 2.00 bits per heavy atom. The first-order chi connectivity index (χ1) is 7.59. The maximum absolute atomic E-state index is 10.3. The van der Waals surface area contributed by atoms with Crippen molar-refractivity contribution >= 4 is 11.3 Å². The van der Waals surface area contributed by atoms with E-state index in [2.05, 4.69) is 18.0 Å². The second-order valence-corrected chi connectivity index (χ2v) is 5.46. The molecule has 0 fully saturated rings. The highest BCUT2D eigenvalue weighted by Gasteiger charge is 2.16. The van der Waals surface area contributed by atoms with Gasteiger partial charge in [-0.3, -0.25) is 4.98 Å². The first-order valence-electron chi connectivity index (χ1n) is 5.25. The SMILES string of the molecule is Cc1cc(C(O)c2cnccc2C)c(C)s1. The Morgan fingerprint density at radius 1 is 1.25 bits per heavy atom. The Labute approximate surface area is 99.6 Å². The van der Waals surface area contributed by atoms with Crippen molar-refractivity contribution in [3.8, 4) is 0 Å². The third kappa shape index (κ3) is 2.01. The van der Waals surface area contributed by atoms with Gasteiger partial charge in [-0.05, 0) is 44.0 Å². The summed E-state index contributed by atoms with van der Waals surface area (Å²) in [7, 11) is 0. The van der Waals surface area contributed by atoms with Crippen molar-refractivity contribution in [2.24, 2.45) is 0 Å². The fourth-order valence-corrected chi connectivity index (χ4v) is 2.81. The number of aryl methyl sites for hydroxylation is 3. The van der Waals surface area contributed by atoms with Gasteiger partial charge >= 0.3 is 0 Å². The monoisotopic (exact) mass is 233 g/mol. The highest BCUT2D eigenvalue weighted by molar-refractivity contribution is 7.12. The lowest BCUT2D eigenvalue weighted by Gasteiger charge is -2.12. The molecule has 2 heterocycles. The summed E-state index contributed by atoms with van der Waals surface area (Å²) >= 11 is 1.72. The summed E-state index contributed by atoms with van der Waals surface area (Å²) in [5.74, 6) is 0. The lowest BCUT2D eigenvalue weighted by atomic mass is 10.00. The Kier molecular flexibility index (Phi) is 3.08. The molecule has 0 aliphatic heterocycles. The number of aliphatic hydroxyl groups is 1. The molecule has 0 aromatic carbocycles. The molecule has 16 heavy (non-hydrogen) atoms. The van der Waals surface area contributed by atoms with Gasteiger partial charge in [0.25, 0.3) is 0 Å². The molecule has 0 amide bonds. The fourth-order valence-electron chi connectivity index (χ4n) is 1.85. The summed E-state index contributed by atoms with van der Waals surface area (Å²) in [6.45, 7) is 6.10. The maximum atomic E-state index is 10.3. The van der Waals surface area contributed by atoms with E-state index in [1.807, 2.05) is 19.9 Å². The molecule has 2 aromatic heterocycles. The summed E-state index contributed by atoms with van der Waals surface area (Å²) in [5.41, 5.74) is 2.97. The van der Waals surface area contributed by atoms with Crippen LogP contribution in [-0.4, -0.2) is 10.1 Å². The number of aromatic nitrogens is 1. The molecule has 0 aliphatic rings. The normalized spacial score (nSPS) is 12.8. The first-order valence-corrected chi connectivity index (χ1v) is 6.06. The van der Waals surface area contributed by atoms with E-state index >= 15 is 0 Å². The number of nitrogens with zero attached hydrogens (tertiary/aromatic N) is 1. The summed E-state index contributed by atoms with van der Waals surface area (Å²) in [4.78, 5) is 6.48. The van der Waals surface area contributed by atoms with Crippen molar-refractivity contribution in [2.45, 2.75) is 26.9 Å². The van der Waals surface area contributed by atoms with Gasteiger partial charge < -0.3 is 5.11 Å². The molecule has 2 rings (SSSR count). The van der Waals surface area contributed by atoms with Crippen LogP contribution in [0.15, 0.2) is 24.5 Å². The van der Waals surface area contributed by atoms with Gasteiger partial charge in [0, 0.05) is 27.7 Å². The molecule has 0 saturated carbocycles. The molecular weight excluding hydrogens is 218 g/mol. The van der Waals surface area contributed by atoms with Crippen LogP contribution < -0.4 is 0 Å². The number of hydrogen-bond donors (Lipinski definition) is 1. The van der Waals surface area contributed by atoms with E-state index < -0.39 is 6.10 Å². The van der Waals surface area contributed by atoms with Crippen molar-refractivity contribution < 1.29 is 5.11 Å². The molecular formula is C13H15NOS. The molecule has 0 saturated heterocycles. The number of pyridine rings is 1. The van der Waals surface area contributed by atoms with Crippen LogP contribution in [-0.2, 0) is 0 Å². The van der Waals surface area contributed by atoms with Crippen LogP contribution in [0, 0.1) is 20.8 Å². The predicted molar refractivity (Wildman–Crippen MR) is 66.8 cm³/mol. The second-order valence-electron chi connectivity index (χ2n) is 4.00. The summed E-state index contributed by atoms with van der Waals surface area (Å²) < 4.78 is 0. The van der Waals surface area contributed by atoms with Crippen molar-refractivity contribution in [3.63, 3.8) is 0 Å². The zero-order chi connectivity index (χ0) is 11.7. The van der Waals surface area contributed by atoms with Gasteiger partial charge in [0.05, 0.1) is 0 Å². The average molecular weight is 233 g/mol. The van der Waals surface area contributed by atoms with Crippen LogP contribution in [0.3, 0.4) is 0 Å². The van der Waals surface area contributed by atoms with Gasteiger partial charge in [-0.2, -0.15) is 0 Å². The van der Waals surface area contributed by atoms with E-state index in [9.17, 15) is 5.11 Å². The summed E-state index contributed by atoms with van der Waals surface area (Å²) in [6, 6.07) is 3.98. The minimum absolute atomic E-state index is 0.557. The molecule has 1 unspecified atom stereocenters. The lowest BCUT2D eigenvalue weighted by molar-refractivity contribution is 0.219. The molecule has 0 aliphatic carbocycles. The molecule has 0 radical (unpaired) electrons. The van der Waals surface area contributed by atoms with Gasteiger partial charge in [0.2, 0.25) is 0 Å². The van der Waals surface area contributed by atoms with Crippen LogP contribution >= 0.6 is 11.3 Å². The molecule has 0 bridgehead atoms. The molecule has 1 N–H and O–H groups in total. The number of thiophene rings is 1. The Morgan fingerprint density at radius 3 is 2.56 bits per heavy atom. The van der Waals surface area contributed by atoms with Crippen LogP contribution in [0.1, 0.15) is 32.5 Å². The van der Waals surface area contributed by atoms with E-state index in [0.717, 1.165) is 16.7 Å². The van der Waals surface area contributed by atoms with Gasteiger partial charge in [-0.1, -0.05) is 0 Å². The smallest absolute Gasteiger partial charge is 0.107 e. The molecule has 0 spiro atoms. The predicted octanol–water partition coefficient (Wildman–Crippen LogP) is 3.15. The van der Waals surface area contributed by atoms with Crippen molar-refractivity contribution in [3.05, 3.63) is 51.0 Å². The number of rotatable bonds is 2. The third-order valence-corrected chi connectivity index (χ3v) is 3.73. The molecule has 2 aromatic rings. The van der Waals surface area contributed by atoms with E-state index in [0.29, 0.717) is 0 Å². The van der Waals surface area contributed by atoms with Crippen molar-refractivity contribution in [1.29, 1.82) is 0 Å². The Balaban J connectivity index is 2.43. The third-order valence-electron chi connectivity index (χ3n) is 2.75. The summed E-state index contributed by atoms with van der Waals surface area (Å²) in [6.07, 6.45) is 2.93. The van der Waals surface area contributed by atoms with Gasteiger partial charge in [0.15, 0.2) is 0 Å². The second kappa shape index (κ2) is 4.36. The quantitative estimate of drug-likeness (QED) is 0.864. The van der Waals surface area contributed by atoms with Crippen molar-refractivity contribution in [1.82, 2.24) is 4.98 Å². The van der Waals surface area contributed by atoms with Crippen molar-refractivity contribution in [2.75, 3.05) is 0 Å². The zero-order valence-corrected chi connectivity index (χ0v) is 10.5. The first kappa shape index (κ1) is 11.3. The topological polar surface area (TPSA) is 33.1 Å². The minimum atomic E-state index is -0.557. The van der Waals surface area contributed by atoms with Crippen LogP contribution in [0.2, 0.25) is 0 Å². The minimum Gasteiger partial charge on any atom is -0.384 e. The zero-order valence-electron chi connectivity index (χ0n) is 9.69. The van der Waals surface area contributed by atoms with Crippen LogP contribution in [0.5, 0.6) is 0 Å². The summed E-state index contributed by atoms with van der Waals surface area (Å²) in [5, 5.41) is 10.3.